The van der Waals surface area contributed by atoms with Crippen LogP contribution in [-0.2, 0) is 6.54 Å². The SMILES string of the molecule is CC(N)c1sc(CN2CCCC2)nc1C1CC1. The molecule has 1 unspecified atom stereocenters. The van der Waals surface area contributed by atoms with E-state index in [-0.39, 0.29) is 6.04 Å². The van der Waals surface area contributed by atoms with Crippen molar-refractivity contribution in [3.63, 3.8) is 0 Å². The fraction of sp³-hybridized carbons (Fsp3) is 0.769. The Bertz CT molecular complexity index is 370. The van der Waals surface area contributed by atoms with Gasteiger partial charge in [-0.05, 0) is 45.7 Å². The van der Waals surface area contributed by atoms with Crippen molar-refractivity contribution in [1.29, 1.82) is 0 Å². The van der Waals surface area contributed by atoms with Gasteiger partial charge in [-0.15, -0.1) is 11.3 Å². The van der Waals surface area contributed by atoms with Gasteiger partial charge in [-0.1, -0.05) is 0 Å². The first kappa shape index (κ1) is 11.6. The summed E-state index contributed by atoms with van der Waals surface area (Å²) < 4.78 is 0. The van der Waals surface area contributed by atoms with Gasteiger partial charge in [-0.3, -0.25) is 4.90 Å². The molecule has 1 atom stereocenters. The average molecular weight is 251 g/mol. The Kier molecular flexibility index (Phi) is 3.19. The molecule has 2 aliphatic rings. The van der Waals surface area contributed by atoms with E-state index in [1.54, 1.807) is 0 Å². The minimum absolute atomic E-state index is 0.149. The lowest BCUT2D eigenvalue weighted by Crippen LogP contribution is -2.18. The van der Waals surface area contributed by atoms with Gasteiger partial charge in [0.2, 0.25) is 0 Å². The fourth-order valence-electron chi connectivity index (χ4n) is 2.57. The lowest BCUT2D eigenvalue weighted by molar-refractivity contribution is 0.330. The molecule has 0 spiro atoms. The summed E-state index contributed by atoms with van der Waals surface area (Å²) in [6.45, 7) is 5.61. The second-order valence-electron chi connectivity index (χ2n) is 5.40. The van der Waals surface area contributed by atoms with Crippen LogP contribution in [-0.4, -0.2) is 23.0 Å². The molecule has 1 aromatic heterocycles. The Hall–Kier alpha value is -0.450. The second kappa shape index (κ2) is 4.67. The third-order valence-corrected chi connectivity index (χ3v) is 4.92. The van der Waals surface area contributed by atoms with Crippen LogP contribution < -0.4 is 5.73 Å². The predicted octanol–water partition coefficient (Wildman–Crippen LogP) is 2.64. The topological polar surface area (TPSA) is 42.1 Å². The highest BCUT2D eigenvalue weighted by Crippen LogP contribution is 2.44. The minimum Gasteiger partial charge on any atom is -0.323 e. The molecule has 1 saturated heterocycles. The van der Waals surface area contributed by atoms with E-state index in [4.69, 9.17) is 10.7 Å². The van der Waals surface area contributed by atoms with Crippen molar-refractivity contribution in [3.05, 3.63) is 15.6 Å². The van der Waals surface area contributed by atoms with E-state index in [2.05, 4.69) is 11.8 Å². The molecular weight excluding hydrogens is 230 g/mol. The highest BCUT2D eigenvalue weighted by atomic mass is 32.1. The largest absolute Gasteiger partial charge is 0.323 e. The van der Waals surface area contributed by atoms with Gasteiger partial charge in [-0.2, -0.15) is 0 Å². The molecule has 0 aromatic carbocycles. The predicted molar refractivity (Wildman–Crippen MR) is 71.2 cm³/mol. The molecular formula is C13H21N3S. The molecule has 2 N–H and O–H groups in total. The molecule has 2 fully saturated rings. The number of nitrogens with two attached hydrogens (primary N) is 1. The van der Waals surface area contributed by atoms with Crippen molar-refractivity contribution in [1.82, 2.24) is 9.88 Å². The quantitative estimate of drug-likeness (QED) is 0.894. The van der Waals surface area contributed by atoms with Crippen LogP contribution in [0.5, 0.6) is 0 Å². The standard InChI is InChI=1S/C13H21N3S/c1-9(14)13-12(10-4-5-10)15-11(17-13)8-16-6-2-3-7-16/h9-10H,2-8,14H2,1H3. The fourth-order valence-corrected chi connectivity index (χ4v) is 3.71. The second-order valence-corrected chi connectivity index (χ2v) is 6.52. The number of aromatic nitrogens is 1. The number of nitrogens with zero attached hydrogens (tertiary/aromatic N) is 2. The smallest absolute Gasteiger partial charge is 0.107 e. The Morgan fingerprint density at radius 2 is 2.12 bits per heavy atom. The number of likely N-dealkylation sites (tertiary alicyclic amines) is 1. The van der Waals surface area contributed by atoms with Gasteiger partial charge in [0, 0.05) is 16.8 Å². The van der Waals surface area contributed by atoms with E-state index < -0.39 is 0 Å². The van der Waals surface area contributed by atoms with Gasteiger partial charge < -0.3 is 5.73 Å². The Balaban J connectivity index is 1.77. The maximum atomic E-state index is 6.06. The van der Waals surface area contributed by atoms with Gasteiger partial charge in [0.05, 0.1) is 12.2 Å². The van der Waals surface area contributed by atoms with E-state index in [0.717, 1.165) is 12.5 Å². The molecule has 1 aliphatic carbocycles. The highest BCUT2D eigenvalue weighted by molar-refractivity contribution is 7.11. The molecule has 0 amide bonds. The van der Waals surface area contributed by atoms with Crippen LogP contribution in [0.15, 0.2) is 0 Å². The van der Waals surface area contributed by atoms with E-state index in [1.165, 1.54) is 54.4 Å². The number of rotatable bonds is 4. The van der Waals surface area contributed by atoms with Crippen molar-refractivity contribution >= 4 is 11.3 Å². The summed E-state index contributed by atoms with van der Waals surface area (Å²) in [4.78, 5) is 8.70. The Morgan fingerprint density at radius 1 is 1.41 bits per heavy atom. The number of thiazole rings is 1. The van der Waals surface area contributed by atoms with Crippen molar-refractivity contribution in [3.8, 4) is 0 Å². The summed E-state index contributed by atoms with van der Waals surface area (Å²) in [6, 6.07) is 0.149. The molecule has 3 nitrogen and oxygen atoms in total. The summed E-state index contributed by atoms with van der Waals surface area (Å²) in [6.07, 6.45) is 5.32. The minimum atomic E-state index is 0.149. The lowest BCUT2D eigenvalue weighted by Gasteiger charge is -2.11. The van der Waals surface area contributed by atoms with E-state index in [1.807, 2.05) is 11.3 Å². The number of hydrogen-bond donors (Lipinski definition) is 1. The molecule has 17 heavy (non-hydrogen) atoms. The maximum absolute atomic E-state index is 6.06. The Morgan fingerprint density at radius 3 is 2.71 bits per heavy atom. The van der Waals surface area contributed by atoms with Crippen LogP contribution in [0, 0.1) is 0 Å². The molecule has 94 valence electrons. The average Bonchev–Trinajstić information content (AvgIpc) is 2.86. The van der Waals surface area contributed by atoms with Gasteiger partial charge >= 0.3 is 0 Å². The maximum Gasteiger partial charge on any atom is 0.107 e. The van der Waals surface area contributed by atoms with E-state index >= 15 is 0 Å². The third-order valence-electron chi connectivity index (χ3n) is 3.66. The summed E-state index contributed by atoms with van der Waals surface area (Å²) in [5.74, 6) is 0.722. The molecule has 2 heterocycles. The molecule has 1 saturated carbocycles. The van der Waals surface area contributed by atoms with Crippen molar-refractivity contribution in [2.75, 3.05) is 13.1 Å². The Labute approximate surface area is 107 Å². The van der Waals surface area contributed by atoms with Crippen LogP contribution in [0.4, 0.5) is 0 Å². The van der Waals surface area contributed by atoms with Crippen LogP contribution in [0.2, 0.25) is 0 Å². The van der Waals surface area contributed by atoms with E-state index in [9.17, 15) is 0 Å². The van der Waals surface area contributed by atoms with Crippen LogP contribution in [0.25, 0.3) is 0 Å². The molecule has 4 heteroatoms. The molecule has 1 aromatic rings. The molecule has 3 rings (SSSR count). The molecule has 0 bridgehead atoms. The normalized spacial score (nSPS) is 23.2. The van der Waals surface area contributed by atoms with Crippen molar-refractivity contribution in [2.24, 2.45) is 5.73 Å². The van der Waals surface area contributed by atoms with Crippen molar-refractivity contribution < 1.29 is 0 Å². The highest BCUT2D eigenvalue weighted by Gasteiger charge is 2.30. The summed E-state index contributed by atoms with van der Waals surface area (Å²) in [5, 5.41) is 1.28. The zero-order valence-electron chi connectivity index (χ0n) is 10.5. The summed E-state index contributed by atoms with van der Waals surface area (Å²) >= 11 is 1.84. The van der Waals surface area contributed by atoms with Gasteiger partial charge in [0.1, 0.15) is 5.01 Å². The zero-order chi connectivity index (χ0) is 11.8. The molecule has 0 radical (unpaired) electrons. The van der Waals surface area contributed by atoms with Crippen LogP contribution in [0.3, 0.4) is 0 Å². The van der Waals surface area contributed by atoms with Crippen molar-refractivity contribution in [2.45, 2.75) is 51.1 Å². The first-order valence-corrected chi connectivity index (χ1v) is 7.53. The third kappa shape index (κ3) is 2.54. The molecule has 1 aliphatic heterocycles. The van der Waals surface area contributed by atoms with Crippen LogP contribution >= 0.6 is 11.3 Å². The first-order chi connectivity index (χ1) is 8.24. The van der Waals surface area contributed by atoms with Gasteiger partial charge in [-0.25, -0.2) is 4.98 Å². The lowest BCUT2D eigenvalue weighted by atomic mass is 10.2. The zero-order valence-corrected chi connectivity index (χ0v) is 11.3. The monoisotopic (exact) mass is 251 g/mol. The summed E-state index contributed by atoms with van der Waals surface area (Å²) in [5.41, 5.74) is 7.38. The van der Waals surface area contributed by atoms with Gasteiger partial charge in [0.25, 0.3) is 0 Å². The number of hydrogen-bond acceptors (Lipinski definition) is 4. The van der Waals surface area contributed by atoms with Crippen LogP contribution in [0.1, 0.15) is 60.1 Å². The summed E-state index contributed by atoms with van der Waals surface area (Å²) in [7, 11) is 0. The first-order valence-electron chi connectivity index (χ1n) is 6.71. The van der Waals surface area contributed by atoms with Gasteiger partial charge in [0.15, 0.2) is 0 Å². The van der Waals surface area contributed by atoms with E-state index in [0.29, 0.717) is 0 Å².